The number of hydrogen-bond donors (Lipinski definition) is 3. The van der Waals surface area contributed by atoms with E-state index in [9.17, 15) is 15.3 Å². The molecule has 1 fully saturated rings. The number of aliphatic hydroxyl groups is 3. The molecular formula is C26H30N2O4. The second kappa shape index (κ2) is 10.1. The van der Waals surface area contributed by atoms with E-state index >= 15 is 0 Å². The molecule has 6 nitrogen and oxygen atoms in total. The Morgan fingerprint density at radius 3 is 2.38 bits per heavy atom. The van der Waals surface area contributed by atoms with E-state index in [-0.39, 0.29) is 24.9 Å². The normalized spacial score (nSPS) is 20.5. The number of hydrogen-bond acceptors (Lipinski definition) is 5. The van der Waals surface area contributed by atoms with Gasteiger partial charge in [0, 0.05) is 12.4 Å². The molecule has 1 aliphatic carbocycles. The third kappa shape index (κ3) is 5.10. The Balaban J connectivity index is 1.41. The van der Waals surface area contributed by atoms with Crippen LogP contribution in [0.1, 0.15) is 49.7 Å². The quantitative estimate of drug-likeness (QED) is 0.496. The fourth-order valence-electron chi connectivity index (χ4n) is 4.12. The van der Waals surface area contributed by atoms with Gasteiger partial charge < -0.3 is 24.6 Å². The van der Waals surface area contributed by atoms with Crippen molar-refractivity contribution in [3.05, 3.63) is 78.4 Å². The van der Waals surface area contributed by atoms with Crippen molar-refractivity contribution >= 4 is 6.08 Å². The molecule has 1 aliphatic rings. The van der Waals surface area contributed by atoms with Gasteiger partial charge >= 0.3 is 0 Å². The van der Waals surface area contributed by atoms with Crippen LogP contribution in [0.25, 0.3) is 17.2 Å². The van der Waals surface area contributed by atoms with Crippen LogP contribution < -0.4 is 4.74 Å². The number of imidazole rings is 1. The predicted octanol–water partition coefficient (Wildman–Crippen LogP) is 4.14. The van der Waals surface area contributed by atoms with Crippen LogP contribution >= 0.6 is 0 Å². The summed E-state index contributed by atoms with van der Waals surface area (Å²) in [5, 5.41) is 29.6. The van der Waals surface area contributed by atoms with E-state index in [0.29, 0.717) is 5.82 Å². The van der Waals surface area contributed by atoms with Crippen molar-refractivity contribution in [3.63, 3.8) is 0 Å². The molecule has 4 rings (SSSR count). The fourth-order valence-corrected chi connectivity index (χ4v) is 4.12. The molecule has 1 aromatic heterocycles. The molecule has 0 aliphatic heterocycles. The maximum Gasteiger partial charge on any atom is 0.137 e. The Labute approximate surface area is 188 Å². The van der Waals surface area contributed by atoms with Crippen LogP contribution in [0.5, 0.6) is 5.75 Å². The van der Waals surface area contributed by atoms with Gasteiger partial charge in [-0.3, -0.25) is 0 Å². The maximum atomic E-state index is 9.93. The maximum absolute atomic E-state index is 9.93. The molecule has 4 atom stereocenters. The van der Waals surface area contributed by atoms with E-state index in [0.717, 1.165) is 41.7 Å². The first-order chi connectivity index (χ1) is 15.5. The fraction of sp³-hybridized carbons (Fsp3) is 0.346. The van der Waals surface area contributed by atoms with Gasteiger partial charge in [0.2, 0.25) is 0 Å². The predicted molar refractivity (Wildman–Crippen MR) is 124 cm³/mol. The molecule has 0 saturated heterocycles. The third-order valence-corrected chi connectivity index (χ3v) is 5.93. The molecule has 1 unspecified atom stereocenters. The summed E-state index contributed by atoms with van der Waals surface area (Å²) in [5.74, 6) is 1.31. The van der Waals surface area contributed by atoms with Crippen molar-refractivity contribution in [1.82, 2.24) is 9.55 Å². The molecular weight excluding hydrogens is 404 g/mol. The highest BCUT2D eigenvalue weighted by atomic mass is 16.5. The summed E-state index contributed by atoms with van der Waals surface area (Å²) >= 11 is 0. The standard InChI is InChI=1S/C26H30N2O4/c1-18(30)26-27-15-16-28(26)22(17-29)12-7-19-5-8-20(9-6-19)21-10-13-23(14-11-21)32-25-4-2-3-24(25)31/h5-16,18,22,24-25,29-31H,2-4,17H2,1H3/b12-7+/t18-,22?,24+,25+/m0/s1. The van der Waals surface area contributed by atoms with Gasteiger partial charge in [-0.05, 0) is 55.0 Å². The van der Waals surface area contributed by atoms with Crippen molar-refractivity contribution in [1.29, 1.82) is 0 Å². The second-order valence-corrected chi connectivity index (χ2v) is 8.28. The van der Waals surface area contributed by atoms with Crippen LogP contribution in [-0.2, 0) is 0 Å². The van der Waals surface area contributed by atoms with Gasteiger partial charge in [0.1, 0.15) is 23.8 Å². The van der Waals surface area contributed by atoms with Gasteiger partial charge in [0.05, 0.1) is 18.8 Å². The number of rotatable bonds is 8. The molecule has 2 aromatic carbocycles. The van der Waals surface area contributed by atoms with Gasteiger partial charge in [-0.15, -0.1) is 0 Å². The minimum Gasteiger partial charge on any atom is -0.488 e. The molecule has 6 heteroatoms. The first-order valence-corrected chi connectivity index (χ1v) is 11.1. The van der Waals surface area contributed by atoms with E-state index in [4.69, 9.17) is 4.74 Å². The molecule has 1 heterocycles. The largest absolute Gasteiger partial charge is 0.488 e. The third-order valence-electron chi connectivity index (χ3n) is 5.93. The number of benzene rings is 2. The van der Waals surface area contributed by atoms with Gasteiger partial charge in [-0.25, -0.2) is 4.98 Å². The highest BCUT2D eigenvalue weighted by Crippen LogP contribution is 2.27. The van der Waals surface area contributed by atoms with Gasteiger partial charge in [0.25, 0.3) is 0 Å². The lowest BCUT2D eigenvalue weighted by atomic mass is 10.0. The second-order valence-electron chi connectivity index (χ2n) is 8.28. The van der Waals surface area contributed by atoms with Crippen LogP contribution in [0.2, 0.25) is 0 Å². The van der Waals surface area contributed by atoms with E-state index in [1.54, 1.807) is 23.9 Å². The van der Waals surface area contributed by atoms with Gasteiger partial charge in [-0.2, -0.15) is 0 Å². The first kappa shape index (κ1) is 22.3. The summed E-state index contributed by atoms with van der Waals surface area (Å²) in [6, 6.07) is 15.8. The van der Waals surface area contributed by atoms with Crippen LogP contribution in [0, 0.1) is 0 Å². The van der Waals surface area contributed by atoms with Crippen molar-refractivity contribution in [3.8, 4) is 16.9 Å². The van der Waals surface area contributed by atoms with Crippen molar-refractivity contribution in [2.24, 2.45) is 0 Å². The Morgan fingerprint density at radius 1 is 1.09 bits per heavy atom. The highest BCUT2D eigenvalue weighted by Gasteiger charge is 2.26. The first-order valence-electron chi connectivity index (χ1n) is 11.1. The molecule has 168 valence electrons. The smallest absolute Gasteiger partial charge is 0.137 e. The molecule has 1 saturated carbocycles. The van der Waals surface area contributed by atoms with E-state index in [1.165, 1.54) is 0 Å². The summed E-state index contributed by atoms with van der Waals surface area (Å²) in [4.78, 5) is 4.17. The van der Waals surface area contributed by atoms with Crippen LogP contribution in [0.3, 0.4) is 0 Å². The summed E-state index contributed by atoms with van der Waals surface area (Å²) in [5.41, 5.74) is 3.20. The minimum absolute atomic E-state index is 0.0863. The van der Waals surface area contributed by atoms with Crippen molar-refractivity contribution < 1.29 is 20.1 Å². The van der Waals surface area contributed by atoms with Gasteiger partial charge in [0.15, 0.2) is 0 Å². The van der Waals surface area contributed by atoms with E-state index in [1.807, 2.05) is 48.6 Å². The zero-order valence-corrected chi connectivity index (χ0v) is 18.2. The molecule has 0 spiro atoms. The Morgan fingerprint density at radius 2 is 1.78 bits per heavy atom. The SMILES string of the molecule is C[C@H](O)c1nccn1C(/C=C/c1ccc(-c2ccc(O[C@@H]3CCC[C@H]3O)cc2)cc1)CO. The van der Waals surface area contributed by atoms with Crippen molar-refractivity contribution in [2.45, 2.75) is 50.5 Å². The Bertz CT molecular complexity index is 1020. The molecule has 3 N–H and O–H groups in total. The van der Waals surface area contributed by atoms with E-state index in [2.05, 4.69) is 17.1 Å². The lowest BCUT2D eigenvalue weighted by Gasteiger charge is -2.17. The number of aliphatic hydroxyl groups excluding tert-OH is 3. The lowest BCUT2D eigenvalue weighted by molar-refractivity contribution is 0.0604. The summed E-state index contributed by atoms with van der Waals surface area (Å²) in [7, 11) is 0. The summed E-state index contributed by atoms with van der Waals surface area (Å²) in [6.07, 6.45) is 8.80. The summed E-state index contributed by atoms with van der Waals surface area (Å²) in [6.45, 7) is 1.57. The highest BCUT2D eigenvalue weighted by molar-refractivity contribution is 5.66. The van der Waals surface area contributed by atoms with Crippen LogP contribution in [-0.4, -0.2) is 43.7 Å². The molecule has 0 bridgehead atoms. The average Bonchev–Trinajstić information content (AvgIpc) is 3.45. The Kier molecular flexibility index (Phi) is 7.05. The zero-order valence-electron chi connectivity index (χ0n) is 18.2. The molecule has 0 amide bonds. The zero-order chi connectivity index (χ0) is 22.5. The number of ether oxygens (including phenoxy) is 1. The molecule has 0 radical (unpaired) electrons. The van der Waals surface area contributed by atoms with E-state index < -0.39 is 6.10 Å². The topological polar surface area (TPSA) is 87.7 Å². The Hall–Kier alpha value is -2.93. The minimum atomic E-state index is -0.702. The van der Waals surface area contributed by atoms with Crippen LogP contribution in [0.15, 0.2) is 67.0 Å². The van der Waals surface area contributed by atoms with Crippen LogP contribution in [0.4, 0.5) is 0 Å². The summed E-state index contributed by atoms with van der Waals surface area (Å²) < 4.78 is 7.70. The average molecular weight is 435 g/mol. The molecule has 3 aromatic rings. The van der Waals surface area contributed by atoms with Crippen molar-refractivity contribution in [2.75, 3.05) is 6.61 Å². The number of aromatic nitrogens is 2. The van der Waals surface area contributed by atoms with Gasteiger partial charge in [-0.1, -0.05) is 48.6 Å². The lowest BCUT2D eigenvalue weighted by Crippen LogP contribution is -2.25. The molecule has 32 heavy (non-hydrogen) atoms. The number of nitrogens with zero attached hydrogens (tertiary/aromatic N) is 2. The monoisotopic (exact) mass is 434 g/mol.